The van der Waals surface area contributed by atoms with Gasteiger partial charge < -0.3 is 10.6 Å². The Kier molecular flexibility index (Phi) is 8.90. The Balaban J connectivity index is 1.85. The Bertz CT molecular complexity index is 869. The van der Waals surface area contributed by atoms with Crippen LogP contribution in [0.1, 0.15) is 38.3 Å². The predicted octanol–water partition coefficient (Wildman–Crippen LogP) is 4.83. The zero-order valence-electron chi connectivity index (χ0n) is 17.4. The third kappa shape index (κ3) is 7.78. The SMILES string of the molecule is C/C(=C\C=C(/C)C(=O)N[C@H](C)CCc1ccccc1NC=O)Cc1ccccc1. The molecule has 0 aliphatic heterocycles. The summed E-state index contributed by atoms with van der Waals surface area (Å²) in [6.45, 7) is 5.90. The lowest BCUT2D eigenvalue weighted by molar-refractivity contribution is -0.118. The molecule has 0 fully saturated rings. The fraction of sp³-hybridized carbons (Fsp3) is 0.280. The molecular formula is C25H30N2O2. The number of benzene rings is 2. The number of carbonyl (C=O) groups excluding carboxylic acids is 2. The molecule has 0 spiro atoms. The van der Waals surface area contributed by atoms with Crippen LogP contribution in [0.3, 0.4) is 0 Å². The normalized spacial score (nSPS) is 12.9. The Labute approximate surface area is 173 Å². The number of hydrogen-bond acceptors (Lipinski definition) is 2. The van der Waals surface area contributed by atoms with Gasteiger partial charge >= 0.3 is 0 Å². The lowest BCUT2D eigenvalue weighted by atomic mass is 10.0. The monoisotopic (exact) mass is 390 g/mol. The molecule has 0 bridgehead atoms. The maximum absolute atomic E-state index is 12.4. The van der Waals surface area contributed by atoms with E-state index in [1.807, 2.05) is 68.5 Å². The first kappa shape index (κ1) is 22.2. The molecular weight excluding hydrogens is 360 g/mol. The van der Waals surface area contributed by atoms with Gasteiger partial charge in [-0.2, -0.15) is 0 Å². The van der Waals surface area contributed by atoms with Crippen LogP contribution in [-0.2, 0) is 22.4 Å². The molecule has 2 aromatic carbocycles. The van der Waals surface area contributed by atoms with Crippen LogP contribution in [0.5, 0.6) is 0 Å². The third-order valence-electron chi connectivity index (χ3n) is 4.76. The van der Waals surface area contributed by atoms with Crippen molar-refractivity contribution in [3.63, 3.8) is 0 Å². The fourth-order valence-corrected chi connectivity index (χ4v) is 3.04. The second kappa shape index (κ2) is 11.6. The van der Waals surface area contributed by atoms with Crippen molar-refractivity contribution >= 4 is 18.0 Å². The molecule has 4 heteroatoms. The molecule has 0 heterocycles. The quantitative estimate of drug-likeness (QED) is 0.347. The number of anilines is 1. The van der Waals surface area contributed by atoms with Crippen molar-refractivity contribution in [3.8, 4) is 0 Å². The third-order valence-corrected chi connectivity index (χ3v) is 4.76. The average molecular weight is 391 g/mol. The summed E-state index contributed by atoms with van der Waals surface area (Å²) in [5.74, 6) is -0.0550. The van der Waals surface area contributed by atoms with E-state index in [1.54, 1.807) is 0 Å². The molecule has 0 saturated heterocycles. The van der Waals surface area contributed by atoms with Gasteiger partial charge in [-0.15, -0.1) is 0 Å². The van der Waals surface area contributed by atoms with Crippen LogP contribution in [0.25, 0.3) is 0 Å². The summed E-state index contributed by atoms with van der Waals surface area (Å²) in [7, 11) is 0. The van der Waals surface area contributed by atoms with E-state index >= 15 is 0 Å². The van der Waals surface area contributed by atoms with Gasteiger partial charge in [0.15, 0.2) is 0 Å². The summed E-state index contributed by atoms with van der Waals surface area (Å²) in [4.78, 5) is 23.2. The number of para-hydroxylation sites is 1. The molecule has 2 aromatic rings. The van der Waals surface area contributed by atoms with Crippen molar-refractivity contribution in [1.29, 1.82) is 0 Å². The van der Waals surface area contributed by atoms with Gasteiger partial charge in [0.2, 0.25) is 12.3 Å². The molecule has 0 unspecified atom stereocenters. The molecule has 29 heavy (non-hydrogen) atoms. The van der Waals surface area contributed by atoms with E-state index in [0.717, 1.165) is 30.5 Å². The Morgan fingerprint density at radius 2 is 1.69 bits per heavy atom. The van der Waals surface area contributed by atoms with Gasteiger partial charge in [-0.25, -0.2) is 0 Å². The Morgan fingerprint density at radius 1 is 1.00 bits per heavy atom. The van der Waals surface area contributed by atoms with Crippen LogP contribution >= 0.6 is 0 Å². The van der Waals surface area contributed by atoms with E-state index in [4.69, 9.17) is 0 Å². The molecule has 0 aliphatic rings. The highest BCUT2D eigenvalue weighted by Gasteiger charge is 2.10. The number of allylic oxidation sites excluding steroid dienone is 3. The fourth-order valence-electron chi connectivity index (χ4n) is 3.04. The van der Waals surface area contributed by atoms with E-state index in [1.165, 1.54) is 11.1 Å². The van der Waals surface area contributed by atoms with Gasteiger partial charge in [-0.1, -0.05) is 66.3 Å². The van der Waals surface area contributed by atoms with E-state index in [-0.39, 0.29) is 11.9 Å². The minimum Gasteiger partial charge on any atom is -0.350 e. The maximum atomic E-state index is 12.4. The van der Waals surface area contributed by atoms with Crippen molar-refractivity contribution in [1.82, 2.24) is 5.32 Å². The zero-order valence-corrected chi connectivity index (χ0v) is 17.4. The van der Waals surface area contributed by atoms with Gasteiger partial charge in [0, 0.05) is 17.3 Å². The Morgan fingerprint density at radius 3 is 2.41 bits per heavy atom. The summed E-state index contributed by atoms with van der Waals surface area (Å²) >= 11 is 0. The van der Waals surface area contributed by atoms with Crippen molar-refractivity contribution in [3.05, 3.63) is 89.0 Å². The smallest absolute Gasteiger partial charge is 0.247 e. The summed E-state index contributed by atoms with van der Waals surface area (Å²) in [6, 6.07) is 18.0. The predicted molar refractivity (Wildman–Crippen MR) is 120 cm³/mol. The molecule has 2 N–H and O–H groups in total. The van der Waals surface area contributed by atoms with Crippen LogP contribution in [0.2, 0.25) is 0 Å². The highest BCUT2D eigenvalue weighted by molar-refractivity contribution is 5.93. The number of carbonyl (C=O) groups is 2. The van der Waals surface area contributed by atoms with Gasteiger partial charge in [-0.05, 0) is 57.2 Å². The number of aryl methyl sites for hydroxylation is 1. The number of nitrogens with one attached hydrogen (secondary N) is 2. The summed E-state index contributed by atoms with van der Waals surface area (Å²) < 4.78 is 0. The molecule has 2 amide bonds. The molecule has 0 radical (unpaired) electrons. The van der Waals surface area contributed by atoms with Crippen LogP contribution in [0, 0.1) is 0 Å². The largest absolute Gasteiger partial charge is 0.350 e. The van der Waals surface area contributed by atoms with Crippen molar-refractivity contribution in [2.45, 2.75) is 46.1 Å². The molecule has 0 saturated carbocycles. The second-order valence-corrected chi connectivity index (χ2v) is 7.36. The molecule has 0 aliphatic carbocycles. The van der Waals surface area contributed by atoms with Crippen molar-refractivity contribution in [2.75, 3.05) is 5.32 Å². The van der Waals surface area contributed by atoms with Crippen LogP contribution in [0.15, 0.2) is 77.9 Å². The van der Waals surface area contributed by atoms with Gasteiger partial charge in [-0.3, -0.25) is 9.59 Å². The van der Waals surface area contributed by atoms with Gasteiger partial charge in [0.1, 0.15) is 0 Å². The Hall–Kier alpha value is -3.14. The minimum absolute atomic E-state index is 0.0320. The van der Waals surface area contributed by atoms with Gasteiger partial charge in [0.05, 0.1) is 0 Å². The second-order valence-electron chi connectivity index (χ2n) is 7.36. The van der Waals surface area contributed by atoms with Crippen LogP contribution < -0.4 is 10.6 Å². The average Bonchev–Trinajstić information content (AvgIpc) is 2.72. The first-order chi connectivity index (χ1) is 14.0. The topological polar surface area (TPSA) is 58.2 Å². The van der Waals surface area contributed by atoms with Crippen molar-refractivity contribution in [2.24, 2.45) is 0 Å². The first-order valence-electron chi connectivity index (χ1n) is 9.96. The van der Waals surface area contributed by atoms with E-state index in [9.17, 15) is 9.59 Å². The van der Waals surface area contributed by atoms with E-state index in [0.29, 0.717) is 12.0 Å². The molecule has 152 valence electrons. The first-order valence-corrected chi connectivity index (χ1v) is 9.96. The highest BCUT2D eigenvalue weighted by Crippen LogP contribution is 2.17. The molecule has 2 rings (SSSR count). The van der Waals surface area contributed by atoms with E-state index < -0.39 is 0 Å². The van der Waals surface area contributed by atoms with Gasteiger partial charge in [0.25, 0.3) is 0 Å². The maximum Gasteiger partial charge on any atom is 0.247 e. The number of hydrogen-bond donors (Lipinski definition) is 2. The summed E-state index contributed by atoms with van der Waals surface area (Å²) in [5.41, 5.74) is 5.03. The number of amides is 2. The lowest BCUT2D eigenvalue weighted by Gasteiger charge is -2.15. The molecule has 4 nitrogen and oxygen atoms in total. The minimum atomic E-state index is -0.0550. The zero-order chi connectivity index (χ0) is 21.1. The standard InChI is InChI=1S/C25H30N2O2/c1-19(17-22-9-5-4-6-10-22)13-14-20(2)25(29)27-21(3)15-16-23-11-7-8-12-24(23)26-18-28/h4-14,18,21H,15-17H2,1-3H3,(H,26,28)(H,27,29)/b19-13+,20-14+/t21-/m1/s1. The highest BCUT2D eigenvalue weighted by atomic mass is 16.1. The van der Waals surface area contributed by atoms with E-state index in [2.05, 4.69) is 29.7 Å². The van der Waals surface area contributed by atoms with Crippen molar-refractivity contribution < 1.29 is 9.59 Å². The molecule has 1 atom stereocenters. The summed E-state index contributed by atoms with van der Waals surface area (Å²) in [5, 5.41) is 5.77. The molecule has 0 aromatic heterocycles. The van der Waals surface area contributed by atoms with Crippen LogP contribution in [-0.4, -0.2) is 18.4 Å². The van der Waals surface area contributed by atoms with Crippen LogP contribution in [0.4, 0.5) is 5.69 Å². The number of rotatable bonds is 10. The lowest BCUT2D eigenvalue weighted by Crippen LogP contribution is -2.33. The summed E-state index contributed by atoms with van der Waals surface area (Å²) in [6.07, 6.45) is 7.01.